The van der Waals surface area contributed by atoms with E-state index in [-0.39, 0.29) is 0 Å². The summed E-state index contributed by atoms with van der Waals surface area (Å²) in [6.07, 6.45) is 1.66. The maximum atomic E-state index is 11.2. The van der Waals surface area contributed by atoms with Crippen LogP contribution in [0.4, 0.5) is 0 Å². The van der Waals surface area contributed by atoms with E-state index in [1.165, 1.54) is 11.8 Å². The fourth-order valence-corrected chi connectivity index (χ4v) is 2.34. The van der Waals surface area contributed by atoms with Crippen LogP contribution in [0, 0.1) is 0 Å². The maximum absolute atomic E-state index is 11.2. The lowest BCUT2D eigenvalue weighted by molar-refractivity contribution is 0.0997. The van der Waals surface area contributed by atoms with Gasteiger partial charge in [0.2, 0.25) is 5.91 Å². The van der Waals surface area contributed by atoms with Gasteiger partial charge < -0.3 is 5.73 Å². The van der Waals surface area contributed by atoms with Gasteiger partial charge in [0.25, 0.3) is 0 Å². The van der Waals surface area contributed by atoms with Gasteiger partial charge in [-0.1, -0.05) is 35.5 Å². The lowest BCUT2D eigenvalue weighted by Crippen LogP contribution is -2.11. The molecule has 0 saturated carbocycles. The molecule has 0 spiro atoms. The molecule has 0 aliphatic rings. The molecule has 1 heterocycles. The largest absolute Gasteiger partial charge is 0.366 e. The Balaban J connectivity index is 2.30. The summed E-state index contributed by atoms with van der Waals surface area (Å²) in [4.78, 5) is 16.9. The number of amides is 1. The van der Waals surface area contributed by atoms with E-state index in [1.807, 2.05) is 18.2 Å². The summed E-state index contributed by atoms with van der Waals surface area (Å²) >= 11 is 7.13. The molecule has 2 aromatic rings. The highest BCUT2D eigenvalue weighted by Gasteiger charge is 2.08. The van der Waals surface area contributed by atoms with Crippen molar-refractivity contribution >= 4 is 29.3 Å². The molecule has 2 N–H and O–H groups in total. The molecule has 0 fully saturated rings. The van der Waals surface area contributed by atoms with Gasteiger partial charge in [-0.2, -0.15) is 0 Å². The number of rotatable bonds is 3. The van der Waals surface area contributed by atoms with Gasteiger partial charge in [0.15, 0.2) is 0 Å². The Bertz CT molecular complexity index is 542. The van der Waals surface area contributed by atoms with E-state index in [0.717, 1.165) is 9.79 Å². The van der Waals surface area contributed by atoms with Crippen molar-refractivity contribution in [1.82, 2.24) is 4.98 Å². The molecular formula is C12H9ClN2OS. The fraction of sp³-hybridized carbons (Fsp3) is 0. The van der Waals surface area contributed by atoms with Crippen molar-refractivity contribution in [3.05, 3.63) is 53.3 Å². The number of nitrogens with zero attached hydrogens (tertiary/aromatic N) is 1. The van der Waals surface area contributed by atoms with Crippen LogP contribution >= 0.6 is 23.4 Å². The van der Waals surface area contributed by atoms with Crippen LogP contribution in [0.5, 0.6) is 0 Å². The highest BCUT2D eigenvalue weighted by molar-refractivity contribution is 7.99. The third-order valence-electron chi connectivity index (χ3n) is 2.08. The Hall–Kier alpha value is -1.52. The number of carbonyl (C=O) groups is 1. The Kier molecular flexibility index (Phi) is 3.66. The molecule has 0 aliphatic heterocycles. The van der Waals surface area contributed by atoms with E-state index in [1.54, 1.807) is 24.4 Å². The fourth-order valence-electron chi connectivity index (χ4n) is 1.31. The van der Waals surface area contributed by atoms with E-state index < -0.39 is 5.91 Å². The molecule has 2 rings (SSSR count). The Labute approximate surface area is 108 Å². The average molecular weight is 265 g/mol. The predicted octanol–water partition coefficient (Wildman–Crippen LogP) is 2.99. The minimum atomic E-state index is -0.435. The summed E-state index contributed by atoms with van der Waals surface area (Å²) in [6.45, 7) is 0. The van der Waals surface area contributed by atoms with Crippen LogP contribution in [0.15, 0.2) is 52.4 Å². The smallest absolute Gasteiger partial charge is 0.249 e. The summed E-state index contributed by atoms with van der Waals surface area (Å²) in [7, 11) is 0. The zero-order valence-electron chi connectivity index (χ0n) is 8.76. The molecule has 3 nitrogen and oxygen atoms in total. The van der Waals surface area contributed by atoms with Crippen LogP contribution in [0.3, 0.4) is 0 Å². The highest BCUT2D eigenvalue weighted by atomic mass is 35.5. The summed E-state index contributed by atoms with van der Waals surface area (Å²) in [5, 5.41) is 0.442. The van der Waals surface area contributed by atoms with E-state index in [2.05, 4.69) is 4.98 Å². The predicted molar refractivity (Wildman–Crippen MR) is 68.3 cm³/mol. The molecule has 1 aromatic heterocycles. The standard InChI is InChI=1S/C12H9ClN2OS/c13-11-6-5-8(7-15-11)17-10-4-2-1-3-9(10)12(14)16/h1-7H,(H2,14,16). The number of hydrogen-bond acceptors (Lipinski definition) is 3. The van der Waals surface area contributed by atoms with Crippen LogP contribution in [-0.2, 0) is 0 Å². The Morgan fingerprint density at radius 1 is 1.24 bits per heavy atom. The molecule has 0 aliphatic carbocycles. The third-order valence-corrected chi connectivity index (χ3v) is 3.36. The summed E-state index contributed by atoms with van der Waals surface area (Å²) < 4.78 is 0. The number of aromatic nitrogens is 1. The van der Waals surface area contributed by atoms with Gasteiger partial charge >= 0.3 is 0 Å². The number of primary amides is 1. The van der Waals surface area contributed by atoms with Crippen molar-refractivity contribution in [2.45, 2.75) is 9.79 Å². The molecule has 17 heavy (non-hydrogen) atoms. The Morgan fingerprint density at radius 2 is 2.00 bits per heavy atom. The monoisotopic (exact) mass is 264 g/mol. The number of halogens is 1. The zero-order valence-corrected chi connectivity index (χ0v) is 10.3. The van der Waals surface area contributed by atoms with E-state index in [4.69, 9.17) is 17.3 Å². The van der Waals surface area contributed by atoms with Crippen LogP contribution in [-0.4, -0.2) is 10.9 Å². The number of hydrogen-bond donors (Lipinski definition) is 1. The number of carbonyl (C=O) groups excluding carboxylic acids is 1. The van der Waals surface area contributed by atoms with E-state index in [9.17, 15) is 4.79 Å². The zero-order chi connectivity index (χ0) is 12.3. The van der Waals surface area contributed by atoms with Crippen LogP contribution in [0.1, 0.15) is 10.4 Å². The van der Waals surface area contributed by atoms with E-state index in [0.29, 0.717) is 10.7 Å². The highest BCUT2D eigenvalue weighted by Crippen LogP contribution is 2.30. The maximum Gasteiger partial charge on any atom is 0.249 e. The SMILES string of the molecule is NC(=O)c1ccccc1Sc1ccc(Cl)nc1. The first-order valence-corrected chi connectivity index (χ1v) is 6.04. The van der Waals surface area contributed by atoms with Crippen molar-refractivity contribution < 1.29 is 4.79 Å². The first-order valence-electron chi connectivity index (χ1n) is 4.85. The van der Waals surface area contributed by atoms with Crippen LogP contribution in [0.25, 0.3) is 0 Å². The summed E-state index contributed by atoms with van der Waals surface area (Å²) in [5.41, 5.74) is 5.81. The van der Waals surface area contributed by atoms with Crippen LogP contribution < -0.4 is 5.73 Å². The second-order valence-corrected chi connectivity index (χ2v) is 4.78. The van der Waals surface area contributed by atoms with Gasteiger partial charge in [0, 0.05) is 16.0 Å². The molecule has 0 unspecified atom stereocenters. The van der Waals surface area contributed by atoms with Gasteiger partial charge in [0.1, 0.15) is 5.15 Å². The molecule has 86 valence electrons. The molecule has 1 amide bonds. The van der Waals surface area contributed by atoms with Gasteiger partial charge in [0.05, 0.1) is 5.56 Å². The molecule has 1 aromatic carbocycles. The summed E-state index contributed by atoms with van der Waals surface area (Å²) in [6, 6.07) is 10.7. The molecule has 0 atom stereocenters. The molecule has 0 bridgehead atoms. The minimum absolute atomic E-state index is 0.435. The third kappa shape index (κ3) is 2.99. The minimum Gasteiger partial charge on any atom is -0.366 e. The van der Waals surface area contributed by atoms with Gasteiger partial charge in [-0.3, -0.25) is 4.79 Å². The lowest BCUT2D eigenvalue weighted by atomic mass is 10.2. The summed E-state index contributed by atoms with van der Waals surface area (Å²) in [5.74, 6) is -0.435. The van der Waals surface area contributed by atoms with Gasteiger partial charge in [-0.15, -0.1) is 0 Å². The van der Waals surface area contributed by atoms with Crippen molar-refractivity contribution in [2.24, 2.45) is 5.73 Å². The number of benzene rings is 1. The second-order valence-electron chi connectivity index (χ2n) is 3.28. The molecule has 5 heteroatoms. The van der Waals surface area contributed by atoms with E-state index >= 15 is 0 Å². The Morgan fingerprint density at radius 3 is 2.65 bits per heavy atom. The van der Waals surface area contributed by atoms with Gasteiger partial charge in [-0.05, 0) is 24.3 Å². The topological polar surface area (TPSA) is 56.0 Å². The molecule has 0 radical (unpaired) electrons. The van der Waals surface area contributed by atoms with Gasteiger partial charge in [-0.25, -0.2) is 4.98 Å². The lowest BCUT2D eigenvalue weighted by Gasteiger charge is -2.05. The van der Waals surface area contributed by atoms with Crippen molar-refractivity contribution in [2.75, 3.05) is 0 Å². The van der Waals surface area contributed by atoms with Crippen molar-refractivity contribution in [3.63, 3.8) is 0 Å². The first kappa shape index (κ1) is 12.0. The average Bonchev–Trinajstić information content (AvgIpc) is 2.32. The molecule has 0 saturated heterocycles. The number of pyridine rings is 1. The quantitative estimate of drug-likeness (QED) is 0.867. The number of nitrogens with two attached hydrogens (primary N) is 1. The first-order chi connectivity index (χ1) is 8.16. The van der Waals surface area contributed by atoms with Crippen molar-refractivity contribution in [3.8, 4) is 0 Å². The molecular weight excluding hydrogens is 256 g/mol. The van der Waals surface area contributed by atoms with Crippen LogP contribution in [0.2, 0.25) is 5.15 Å². The normalized spacial score (nSPS) is 10.2. The second kappa shape index (κ2) is 5.21. The van der Waals surface area contributed by atoms with Crippen molar-refractivity contribution in [1.29, 1.82) is 0 Å².